The molecule has 0 aromatic heterocycles. The fraction of sp³-hybridized carbons (Fsp3) is 0.455. The van der Waals surface area contributed by atoms with Crippen molar-refractivity contribution in [1.29, 1.82) is 0 Å². The number of nitrogens with zero attached hydrogens (tertiary/aromatic N) is 1. The van der Waals surface area contributed by atoms with E-state index in [9.17, 15) is 18.5 Å². The molecule has 1 aromatic carbocycles. The lowest BCUT2D eigenvalue weighted by Crippen LogP contribution is -2.41. The van der Waals surface area contributed by atoms with Crippen LogP contribution in [0.25, 0.3) is 0 Å². The summed E-state index contributed by atoms with van der Waals surface area (Å²) in [6.07, 6.45) is 0. The summed E-state index contributed by atoms with van der Waals surface area (Å²) in [7, 11) is -4.12. The quantitative estimate of drug-likeness (QED) is 0.610. The predicted molar refractivity (Wildman–Crippen MR) is 74.1 cm³/mol. The Kier molecular flexibility index (Phi) is 5.46. The van der Waals surface area contributed by atoms with Gasteiger partial charge >= 0.3 is 0 Å². The van der Waals surface area contributed by atoms with Crippen LogP contribution < -0.4 is 4.72 Å². The van der Waals surface area contributed by atoms with Crippen LogP contribution in [-0.4, -0.2) is 31.1 Å². The molecule has 0 heterocycles. The van der Waals surface area contributed by atoms with Gasteiger partial charge in [0.25, 0.3) is 5.69 Å². The Labute approximate surface area is 121 Å². The molecule has 0 spiro atoms. The van der Waals surface area contributed by atoms with Crippen molar-refractivity contribution in [3.8, 4) is 0 Å². The predicted octanol–water partition coefficient (Wildman–Crippen LogP) is 1.54. The molecular formula is C11H15ClN2O5S. The van der Waals surface area contributed by atoms with Crippen molar-refractivity contribution in [2.75, 3.05) is 6.61 Å². The van der Waals surface area contributed by atoms with Gasteiger partial charge in [0.05, 0.1) is 11.5 Å². The largest absolute Gasteiger partial charge is 0.395 e. The number of aliphatic hydroxyl groups is 1. The van der Waals surface area contributed by atoms with Gasteiger partial charge in [0.15, 0.2) is 4.90 Å². The molecular weight excluding hydrogens is 308 g/mol. The maximum atomic E-state index is 12.2. The van der Waals surface area contributed by atoms with Crippen LogP contribution in [0.2, 0.25) is 5.02 Å². The van der Waals surface area contributed by atoms with Crippen molar-refractivity contribution in [2.24, 2.45) is 5.92 Å². The Bertz CT molecular complexity index is 603. The van der Waals surface area contributed by atoms with Crippen LogP contribution in [0.4, 0.5) is 5.69 Å². The Morgan fingerprint density at radius 1 is 1.45 bits per heavy atom. The Morgan fingerprint density at radius 2 is 2.05 bits per heavy atom. The van der Waals surface area contributed by atoms with Gasteiger partial charge in [-0.1, -0.05) is 25.4 Å². The smallest absolute Gasteiger partial charge is 0.290 e. The number of nitro groups is 1. The van der Waals surface area contributed by atoms with Gasteiger partial charge < -0.3 is 5.11 Å². The zero-order chi connectivity index (χ0) is 15.5. The summed E-state index contributed by atoms with van der Waals surface area (Å²) >= 11 is 5.63. The molecule has 0 aliphatic rings. The third-order valence-electron chi connectivity index (χ3n) is 2.72. The van der Waals surface area contributed by atoms with Gasteiger partial charge in [0.2, 0.25) is 10.0 Å². The van der Waals surface area contributed by atoms with Gasteiger partial charge in [0, 0.05) is 17.1 Å². The number of halogens is 1. The second-order valence-corrected chi connectivity index (χ2v) is 6.64. The molecule has 0 aliphatic carbocycles. The minimum Gasteiger partial charge on any atom is -0.395 e. The first-order chi connectivity index (χ1) is 9.19. The number of aliphatic hydroxyl groups excluding tert-OH is 1. The highest BCUT2D eigenvalue weighted by atomic mass is 35.5. The lowest BCUT2D eigenvalue weighted by atomic mass is 10.1. The summed E-state index contributed by atoms with van der Waals surface area (Å²) in [5.41, 5.74) is -0.606. The second-order valence-electron chi connectivity index (χ2n) is 4.52. The van der Waals surface area contributed by atoms with E-state index in [2.05, 4.69) is 4.72 Å². The van der Waals surface area contributed by atoms with Crippen molar-refractivity contribution >= 4 is 27.3 Å². The summed E-state index contributed by atoms with van der Waals surface area (Å²) in [5, 5.41) is 20.1. The number of benzene rings is 1. The molecule has 0 bridgehead atoms. The molecule has 0 saturated carbocycles. The van der Waals surface area contributed by atoms with E-state index in [4.69, 9.17) is 16.7 Å². The molecule has 7 nitrogen and oxygen atoms in total. The molecule has 1 rings (SSSR count). The first-order valence-corrected chi connectivity index (χ1v) is 7.62. The van der Waals surface area contributed by atoms with E-state index in [0.29, 0.717) is 0 Å². The van der Waals surface area contributed by atoms with E-state index < -0.39 is 38.2 Å². The molecule has 0 amide bonds. The van der Waals surface area contributed by atoms with Gasteiger partial charge in [-0.15, -0.1) is 0 Å². The number of hydrogen-bond acceptors (Lipinski definition) is 5. The minimum absolute atomic E-state index is 0.0678. The summed E-state index contributed by atoms with van der Waals surface area (Å²) < 4.78 is 26.6. The van der Waals surface area contributed by atoms with Crippen LogP contribution >= 0.6 is 11.6 Å². The average molecular weight is 323 g/mol. The summed E-state index contributed by atoms with van der Waals surface area (Å²) in [6, 6.07) is 2.57. The second kappa shape index (κ2) is 6.49. The molecule has 20 heavy (non-hydrogen) atoms. The molecule has 1 unspecified atom stereocenters. The van der Waals surface area contributed by atoms with Crippen molar-refractivity contribution in [3.63, 3.8) is 0 Å². The topological polar surface area (TPSA) is 110 Å². The Hall–Kier alpha value is -1.22. The Balaban J connectivity index is 3.25. The van der Waals surface area contributed by atoms with E-state index in [1.807, 2.05) is 0 Å². The van der Waals surface area contributed by atoms with Gasteiger partial charge in [-0.05, 0) is 18.1 Å². The van der Waals surface area contributed by atoms with Crippen molar-refractivity contribution in [1.82, 2.24) is 4.72 Å². The fourth-order valence-electron chi connectivity index (χ4n) is 1.51. The van der Waals surface area contributed by atoms with E-state index in [1.54, 1.807) is 13.8 Å². The van der Waals surface area contributed by atoms with Crippen molar-refractivity contribution < 1.29 is 18.4 Å². The zero-order valence-electron chi connectivity index (χ0n) is 10.9. The van der Waals surface area contributed by atoms with E-state index >= 15 is 0 Å². The SMILES string of the molecule is CC(C)C(CO)NS(=O)(=O)c1ccc(Cl)cc1[N+](=O)[O-]. The molecule has 112 valence electrons. The fourth-order valence-corrected chi connectivity index (χ4v) is 3.20. The number of nitrogens with one attached hydrogen (secondary N) is 1. The van der Waals surface area contributed by atoms with Gasteiger partial charge in [-0.3, -0.25) is 10.1 Å². The molecule has 0 aliphatic heterocycles. The summed E-state index contributed by atoms with van der Waals surface area (Å²) in [6.45, 7) is 3.04. The van der Waals surface area contributed by atoms with Crippen LogP contribution in [0, 0.1) is 16.0 Å². The molecule has 0 radical (unpaired) electrons. The molecule has 1 atom stereocenters. The number of sulfonamides is 1. The highest BCUT2D eigenvalue weighted by Crippen LogP contribution is 2.27. The third-order valence-corrected chi connectivity index (χ3v) is 4.49. The molecule has 0 fully saturated rings. The summed E-state index contributed by atoms with van der Waals surface area (Å²) in [5.74, 6) is -0.166. The average Bonchev–Trinajstić information content (AvgIpc) is 2.35. The number of rotatable bonds is 6. The molecule has 0 saturated heterocycles. The van der Waals surface area contributed by atoms with Crippen LogP contribution in [-0.2, 0) is 10.0 Å². The highest BCUT2D eigenvalue weighted by Gasteiger charge is 2.29. The number of nitro benzene ring substituents is 1. The normalized spacial score (nSPS) is 13.4. The zero-order valence-corrected chi connectivity index (χ0v) is 12.5. The van der Waals surface area contributed by atoms with Crippen LogP contribution in [0.5, 0.6) is 0 Å². The van der Waals surface area contributed by atoms with Gasteiger partial charge in [-0.2, -0.15) is 0 Å². The monoisotopic (exact) mass is 322 g/mol. The molecule has 1 aromatic rings. The minimum atomic E-state index is -4.12. The van der Waals surface area contributed by atoms with Crippen molar-refractivity contribution in [3.05, 3.63) is 33.3 Å². The maximum absolute atomic E-state index is 12.2. The van der Waals surface area contributed by atoms with Crippen molar-refractivity contribution in [2.45, 2.75) is 24.8 Å². The Morgan fingerprint density at radius 3 is 2.50 bits per heavy atom. The lowest BCUT2D eigenvalue weighted by Gasteiger charge is -2.19. The van der Waals surface area contributed by atoms with E-state index in [-0.39, 0.29) is 10.9 Å². The standard InChI is InChI=1S/C11H15ClN2O5S/c1-7(2)9(6-15)13-20(18,19)11-4-3-8(12)5-10(11)14(16)17/h3-5,7,9,13,15H,6H2,1-2H3. The highest BCUT2D eigenvalue weighted by molar-refractivity contribution is 7.89. The first kappa shape index (κ1) is 16.8. The van der Waals surface area contributed by atoms with Crippen LogP contribution in [0.15, 0.2) is 23.1 Å². The van der Waals surface area contributed by atoms with E-state index in [0.717, 1.165) is 12.1 Å². The molecule has 2 N–H and O–H groups in total. The van der Waals surface area contributed by atoms with Gasteiger partial charge in [0.1, 0.15) is 0 Å². The molecule has 9 heteroatoms. The summed E-state index contributed by atoms with van der Waals surface area (Å²) in [4.78, 5) is 9.62. The van der Waals surface area contributed by atoms with Crippen LogP contribution in [0.1, 0.15) is 13.8 Å². The maximum Gasteiger partial charge on any atom is 0.290 e. The lowest BCUT2D eigenvalue weighted by molar-refractivity contribution is -0.387. The number of hydrogen-bond donors (Lipinski definition) is 2. The van der Waals surface area contributed by atoms with Crippen LogP contribution in [0.3, 0.4) is 0 Å². The van der Waals surface area contributed by atoms with E-state index in [1.165, 1.54) is 6.07 Å². The first-order valence-electron chi connectivity index (χ1n) is 5.76. The van der Waals surface area contributed by atoms with Gasteiger partial charge in [-0.25, -0.2) is 13.1 Å². The third kappa shape index (κ3) is 3.89.